The SMILES string of the molecule is CC[C@@H]1C(=O)N(C)c2cnc(Nc3ccc(C(=O)NC4(CCO)CCN(C[C@@H]5CCN(c6ccc7c(c6)C(=O)N(C6CCC(=O)NC6=O)C7=O)C5)CC4)cc3OC)nc2N1C1CCCC1. The van der Waals surface area contributed by atoms with Gasteiger partial charge in [0, 0.05) is 75.6 Å². The minimum absolute atomic E-state index is 0.0500. The molecule has 1 saturated carbocycles. The molecule has 6 aliphatic rings. The molecular weight excluding hydrogens is 833 g/mol. The quantitative estimate of drug-likeness (QED) is 0.181. The maximum Gasteiger partial charge on any atom is 0.262 e. The van der Waals surface area contributed by atoms with E-state index in [0.717, 1.165) is 81.2 Å². The fourth-order valence-electron chi connectivity index (χ4n) is 10.9. The van der Waals surface area contributed by atoms with E-state index < -0.39 is 35.2 Å². The first kappa shape index (κ1) is 44.1. The Morgan fingerprint density at radius 1 is 0.969 bits per heavy atom. The van der Waals surface area contributed by atoms with Gasteiger partial charge in [-0.1, -0.05) is 19.8 Å². The Labute approximate surface area is 378 Å². The van der Waals surface area contributed by atoms with Crippen LogP contribution in [0.1, 0.15) is 109 Å². The van der Waals surface area contributed by atoms with Crippen LogP contribution in [0.4, 0.5) is 28.8 Å². The average molecular weight is 891 g/mol. The number of likely N-dealkylation sites (tertiary alicyclic amines) is 1. The van der Waals surface area contributed by atoms with Gasteiger partial charge < -0.3 is 40.1 Å². The Bertz CT molecular complexity index is 2400. The molecule has 9 rings (SSSR count). The molecule has 2 aromatic carbocycles. The number of methoxy groups -OCH3 is 1. The second-order valence-corrected chi connectivity index (χ2v) is 18.4. The molecule has 18 nitrogen and oxygen atoms in total. The molecule has 6 amide bonds. The van der Waals surface area contributed by atoms with Crippen LogP contribution in [0.15, 0.2) is 42.6 Å². The van der Waals surface area contributed by atoms with E-state index in [0.29, 0.717) is 60.2 Å². The summed E-state index contributed by atoms with van der Waals surface area (Å²) in [7, 11) is 3.32. The van der Waals surface area contributed by atoms with E-state index in [2.05, 4.69) is 35.6 Å². The van der Waals surface area contributed by atoms with E-state index in [1.165, 1.54) is 0 Å². The molecule has 0 spiro atoms. The van der Waals surface area contributed by atoms with E-state index >= 15 is 0 Å². The largest absolute Gasteiger partial charge is 0.495 e. The monoisotopic (exact) mass is 890 g/mol. The number of aliphatic hydroxyl groups is 1. The highest BCUT2D eigenvalue weighted by atomic mass is 16.5. The van der Waals surface area contributed by atoms with Crippen molar-refractivity contribution < 1.29 is 38.6 Å². The summed E-state index contributed by atoms with van der Waals surface area (Å²) in [5.74, 6) is -0.384. The van der Waals surface area contributed by atoms with Crippen molar-refractivity contribution in [3.8, 4) is 5.75 Å². The summed E-state index contributed by atoms with van der Waals surface area (Å²) in [5, 5.41) is 19.0. The van der Waals surface area contributed by atoms with Crippen molar-refractivity contribution in [2.45, 2.75) is 101 Å². The van der Waals surface area contributed by atoms with Gasteiger partial charge in [-0.05, 0) is 93.7 Å². The lowest BCUT2D eigenvalue weighted by molar-refractivity contribution is -0.136. The van der Waals surface area contributed by atoms with Gasteiger partial charge in [0.05, 0.1) is 30.1 Å². The second-order valence-electron chi connectivity index (χ2n) is 18.4. The number of imide groups is 2. The van der Waals surface area contributed by atoms with Crippen LogP contribution in [0.3, 0.4) is 0 Å². The highest BCUT2D eigenvalue weighted by Crippen LogP contribution is 2.41. The van der Waals surface area contributed by atoms with Gasteiger partial charge in [-0.15, -0.1) is 0 Å². The summed E-state index contributed by atoms with van der Waals surface area (Å²) in [6.45, 7) is 5.88. The molecule has 4 fully saturated rings. The maximum atomic E-state index is 13.9. The van der Waals surface area contributed by atoms with E-state index in [4.69, 9.17) is 9.72 Å². The minimum Gasteiger partial charge on any atom is -0.495 e. The third kappa shape index (κ3) is 8.37. The van der Waals surface area contributed by atoms with Crippen LogP contribution < -0.4 is 35.4 Å². The van der Waals surface area contributed by atoms with E-state index in [1.54, 1.807) is 55.6 Å². The number of nitrogens with one attached hydrogen (secondary N) is 3. The standard InChI is InChI=1S/C47H58N10O8/c1-4-35-45(64)53(2)37-25-48-46(51-40(37)56(35)30-7-5-6-8-30)49-34-12-9-29(23-38(34)65-3)41(60)52-47(18-22-58)16-20-54(21-17-47)26-28-15-19-55(27-28)31-10-11-32-33(24-31)44(63)57(43(32)62)36-13-14-39(59)50-42(36)61/h9-12,23-25,28,30,35-36,58H,4-8,13-22,26-27H2,1-3H3,(H,52,60)(H,48,49,51)(H,50,59,61)/t28-,35+,36?/m0/s1. The number of benzene rings is 2. The van der Waals surface area contributed by atoms with Crippen LogP contribution in [0.2, 0.25) is 0 Å². The van der Waals surface area contributed by atoms with Gasteiger partial charge in [0.1, 0.15) is 23.5 Å². The van der Waals surface area contributed by atoms with Crippen LogP contribution in [0.5, 0.6) is 5.75 Å². The fourth-order valence-corrected chi connectivity index (χ4v) is 10.9. The molecule has 3 aromatic rings. The smallest absolute Gasteiger partial charge is 0.262 e. The van der Waals surface area contributed by atoms with Crippen molar-refractivity contribution in [3.05, 3.63) is 59.3 Å². The van der Waals surface area contributed by atoms with E-state index in [9.17, 15) is 33.9 Å². The molecule has 5 aliphatic heterocycles. The average Bonchev–Trinajstić information content (AvgIpc) is 4.07. The van der Waals surface area contributed by atoms with E-state index in [1.807, 2.05) is 13.0 Å². The zero-order chi connectivity index (χ0) is 45.6. The lowest BCUT2D eigenvalue weighted by Gasteiger charge is -2.43. The lowest BCUT2D eigenvalue weighted by Crippen LogP contribution is -2.56. The zero-order valence-corrected chi connectivity index (χ0v) is 37.3. The summed E-state index contributed by atoms with van der Waals surface area (Å²) in [5.41, 5.74) is 2.48. The van der Waals surface area contributed by atoms with Crippen LogP contribution >= 0.6 is 0 Å². The number of carbonyl (C=O) groups excluding carboxylic acids is 6. The number of ether oxygens (including phenoxy) is 1. The van der Waals surface area contributed by atoms with Crippen LogP contribution in [0, 0.1) is 5.92 Å². The first-order valence-corrected chi connectivity index (χ1v) is 23.0. The Kier molecular flexibility index (Phi) is 12.2. The van der Waals surface area contributed by atoms with Gasteiger partial charge >= 0.3 is 0 Å². The van der Waals surface area contributed by atoms with Gasteiger partial charge in [0.25, 0.3) is 17.7 Å². The van der Waals surface area contributed by atoms with Crippen molar-refractivity contribution in [3.63, 3.8) is 0 Å². The van der Waals surface area contributed by atoms with Crippen molar-refractivity contribution in [2.75, 3.05) is 73.5 Å². The Balaban J connectivity index is 0.809. The first-order chi connectivity index (χ1) is 31.4. The summed E-state index contributed by atoms with van der Waals surface area (Å²) < 4.78 is 5.76. The molecule has 0 bridgehead atoms. The molecular formula is C47H58N10O8. The van der Waals surface area contributed by atoms with Crippen molar-refractivity contribution in [2.24, 2.45) is 5.92 Å². The number of likely N-dealkylation sites (N-methyl/N-ethyl adjacent to an activating group) is 1. The van der Waals surface area contributed by atoms with Crippen LogP contribution in [0.25, 0.3) is 0 Å². The van der Waals surface area contributed by atoms with Gasteiger partial charge in [-0.2, -0.15) is 4.98 Å². The Hall–Kier alpha value is -6.14. The number of aromatic nitrogens is 2. The predicted octanol–water partition coefficient (Wildman–Crippen LogP) is 3.61. The molecule has 3 saturated heterocycles. The number of carbonyl (C=O) groups is 6. The number of aliphatic hydroxyl groups excluding tert-OH is 1. The van der Waals surface area contributed by atoms with Gasteiger partial charge in [0.15, 0.2) is 5.82 Å². The third-order valence-electron chi connectivity index (χ3n) is 14.5. The van der Waals surface area contributed by atoms with Crippen molar-refractivity contribution >= 4 is 64.3 Å². The number of rotatable bonds is 13. The van der Waals surface area contributed by atoms with Gasteiger partial charge in [0.2, 0.25) is 23.7 Å². The fraction of sp³-hybridized carbons (Fsp3) is 0.532. The number of hydrogen-bond donors (Lipinski definition) is 4. The molecule has 6 heterocycles. The molecule has 1 aromatic heterocycles. The molecule has 18 heteroatoms. The molecule has 4 N–H and O–H groups in total. The number of piperidine rings is 2. The summed E-state index contributed by atoms with van der Waals surface area (Å²) in [6, 6.07) is 9.41. The molecule has 344 valence electrons. The van der Waals surface area contributed by atoms with Crippen LogP contribution in [-0.4, -0.2) is 137 Å². The van der Waals surface area contributed by atoms with Gasteiger partial charge in [-0.25, -0.2) is 4.98 Å². The number of fused-ring (bicyclic) bond motifs is 2. The highest BCUT2D eigenvalue weighted by Gasteiger charge is 2.46. The second kappa shape index (κ2) is 18.0. The van der Waals surface area contributed by atoms with Crippen molar-refractivity contribution in [1.82, 2.24) is 30.4 Å². The van der Waals surface area contributed by atoms with Crippen molar-refractivity contribution in [1.29, 1.82) is 0 Å². The highest BCUT2D eigenvalue weighted by molar-refractivity contribution is 6.23. The number of hydrogen-bond acceptors (Lipinski definition) is 14. The Morgan fingerprint density at radius 2 is 1.74 bits per heavy atom. The number of anilines is 5. The summed E-state index contributed by atoms with van der Waals surface area (Å²) >= 11 is 0. The maximum absolute atomic E-state index is 13.9. The predicted molar refractivity (Wildman–Crippen MR) is 242 cm³/mol. The zero-order valence-electron chi connectivity index (χ0n) is 37.3. The van der Waals surface area contributed by atoms with E-state index in [-0.39, 0.29) is 54.5 Å². The third-order valence-corrected chi connectivity index (χ3v) is 14.5. The topological polar surface area (TPSA) is 210 Å². The summed E-state index contributed by atoms with van der Waals surface area (Å²) in [4.78, 5) is 97.1. The summed E-state index contributed by atoms with van der Waals surface area (Å²) in [6.07, 6.45) is 9.53. The molecule has 1 aliphatic carbocycles. The van der Waals surface area contributed by atoms with Gasteiger partial charge in [-0.3, -0.25) is 39.0 Å². The number of amides is 6. The molecule has 3 atom stereocenters. The minimum atomic E-state index is -1.00. The Morgan fingerprint density at radius 3 is 2.46 bits per heavy atom. The van der Waals surface area contributed by atoms with Crippen LogP contribution in [-0.2, 0) is 14.4 Å². The number of nitrogens with zero attached hydrogens (tertiary/aromatic N) is 7. The normalized spacial score (nSPS) is 23.5. The molecule has 1 unspecified atom stereocenters. The lowest BCUT2D eigenvalue weighted by atomic mass is 9.84. The first-order valence-electron chi connectivity index (χ1n) is 23.0. The molecule has 0 radical (unpaired) electrons. The molecule has 65 heavy (non-hydrogen) atoms.